The van der Waals surface area contributed by atoms with Crippen molar-refractivity contribution in [2.45, 2.75) is 6.61 Å². The first-order valence-electron chi connectivity index (χ1n) is 6.91. The lowest BCUT2D eigenvalue weighted by Crippen LogP contribution is -2.06. The number of pyridine rings is 1. The van der Waals surface area contributed by atoms with E-state index in [4.69, 9.17) is 14.0 Å². The quantitative estimate of drug-likeness (QED) is 0.665. The van der Waals surface area contributed by atoms with E-state index in [0.29, 0.717) is 11.4 Å². The van der Waals surface area contributed by atoms with Crippen molar-refractivity contribution < 1.29 is 23.2 Å². The van der Waals surface area contributed by atoms with Gasteiger partial charge in [0.2, 0.25) is 11.7 Å². The smallest absolute Gasteiger partial charge is 0.340 e. The lowest BCUT2D eigenvalue weighted by atomic mass is 10.2. The second-order valence-corrected chi connectivity index (χ2v) is 4.69. The van der Waals surface area contributed by atoms with Crippen LogP contribution in [0.25, 0.3) is 11.4 Å². The van der Waals surface area contributed by atoms with Crippen LogP contribution in [0.15, 0.2) is 47.1 Å². The largest absolute Gasteiger partial charge is 0.481 e. The van der Waals surface area contributed by atoms with Crippen molar-refractivity contribution in [1.82, 2.24) is 15.1 Å². The van der Waals surface area contributed by atoms with Crippen molar-refractivity contribution in [3.63, 3.8) is 0 Å². The molecule has 0 aliphatic heterocycles. The topological polar surface area (TPSA) is 87.3 Å². The van der Waals surface area contributed by atoms with Gasteiger partial charge in [0.1, 0.15) is 5.82 Å². The molecule has 0 bridgehead atoms. The van der Waals surface area contributed by atoms with Crippen LogP contribution in [0.3, 0.4) is 0 Å². The molecule has 2 aromatic heterocycles. The Morgan fingerprint density at radius 3 is 2.88 bits per heavy atom. The number of aromatic nitrogens is 3. The third-order valence-electron chi connectivity index (χ3n) is 3.06. The average Bonchev–Trinajstić information content (AvgIpc) is 3.09. The van der Waals surface area contributed by atoms with Crippen molar-refractivity contribution in [2.24, 2.45) is 0 Å². The Kier molecular flexibility index (Phi) is 4.46. The van der Waals surface area contributed by atoms with Crippen LogP contribution in [-0.4, -0.2) is 28.2 Å². The summed E-state index contributed by atoms with van der Waals surface area (Å²) in [4.78, 5) is 19.9. The van der Waals surface area contributed by atoms with E-state index in [0.717, 1.165) is 0 Å². The molecule has 0 unspecified atom stereocenters. The molecule has 8 heteroatoms. The molecule has 2 heterocycles. The number of hydrogen-bond donors (Lipinski definition) is 0. The van der Waals surface area contributed by atoms with Crippen LogP contribution < -0.4 is 4.74 Å². The van der Waals surface area contributed by atoms with Gasteiger partial charge in [-0.1, -0.05) is 17.3 Å². The molecule has 3 aromatic rings. The fourth-order valence-corrected chi connectivity index (χ4v) is 1.89. The van der Waals surface area contributed by atoms with Crippen molar-refractivity contribution in [1.29, 1.82) is 0 Å². The minimum atomic E-state index is -0.587. The van der Waals surface area contributed by atoms with Gasteiger partial charge in [-0.05, 0) is 18.2 Å². The molecule has 24 heavy (non-hydrogen) atoms. The van der Waals surface area contributed by atoms with E-state index >= 15 is 0 Å². The highest BCUT2D eigenvalue weighted by molar-refractivity contribution is 5.89. The Labute approximate surface area is 136 Å². The van der Waals surface area contributed by atoms with E-state index in [1.165, 1.54) is 37.6 Å². The fourth-order valence-electron chi connectivity index (χ4n) is 1.89. The van der Waals surface area contributed by atoms with E-state index in [9.17, 15) is 9.18 Å². The van der Waals surface area contributed by atoms with Gasteiger partial charge >= 0.3 is 5.97 Å². The summed E-state index contributed by atoms with van der Waals surface area (Å²) in [6.45, 7) is -0.201. The zero-order valence-corrected chi connectivity index (χ0v) is 12.6. The van der Waals surface area contributed by atoms with Gasteiger partial charge in [-0.15, -0.1) is 0 Å². The number of ether oxygens (including phenoxy) is 2. The number of nitrogens with zero attached hydrogens (tertiary/aromatic N) is 3. The summed E-state index contributed by atoms with van der Waals surface area (Å²) in [5.74, 6) is -0.285. The highest BCUT2D eigenvalue weighted by Gasteiger charge is 2.13. The molecule has 0 saturated carbocycles. The van der Waals surface area contributed by atoms with Crippen molar-refractivity contribution in [3.8, 4) is 17.3 Å². The molecule has 0 radical (unpaired) electrons. The first-order valence-corrected chi connectivity index (χ1v) is 6.91. The van der Waals surface area contributed by atoms with Crippen molar-refractivity contribution in [3.05, 3.63) is 59.9 Å². The number of halogens is 1. The highest BCUT2D eigenvalue weighted by atomic mass is 19.1. The predicted molar refractivity (Wildman–Crippen MR) is 79.6 cm³/mol. The highest BCUT2D eigenvalue weighted by Crippen LogP contribution is 2.17. The van der Waals surface area contributed by atoms with E-state index in [2.05, 4.69) is 15.1 Å². The van der Waals surface area contributed by atoms with Gasteiger partial charge in [0.05, 0.1) is 12.7 Å². The third kappa shape index (κ3) is 3.54. The normalized spacial score (nSPS) is 10.4. The predicted octanol–water partition coefficient (Wildman–Crippen LogP) is 2.64. The van der Waals surface area contributed by atoms with Gasteiger partial charge in [0.25, 0.3) is 5.89 Å². The zero-order chi connectivity index (χ0) is 16.9. The maximum atomic E-state index is 13.2. The fraction of sp³-hybridized carbons (Fsp3) is 0.125. The monoisotopic (exact) mass is 329 g/mol. The van der Waals surface area contributed by atoms with Crippen molar-refractivity contribution >= 4 is 5.97 Å². The first kappa shape index (κ1) is 15.6. The molecule has 122 valence electrons. The Bertz CT molecular complexity index is 849. The van der Waals surface area contributed by atoms with Crippen LogP contribution in [0.5, 0.6) is 5.88 Å². The van der Waals surface area contributed by atoms with Gasteiger partial charge < -0.3 is 14.0 Å². The molecule has 7 nitrogen and oxygen atoms in total. The van der Waals surface area contributed by atoms with Crippen LogP contribution in [-0.2, 0) is 11.3 Å². The summed E-state index contributed by atoms with van der Waals surface area (Å²) < 4.78 is 28.1. The van der Waals surface area contributed by atoms with Gasteiger partial charge in [-0.3, -0.25) is 0 Å². The summed E-state index contributed by atoms with van der Waals surface area (Å²) in [6, 6.07) is 8.86. The molecule has 0 fully saturated rings. The third-order valence-corrected chi connectivity index (χ3v) is 3.06. The van der Waals surface area contributed by atoms with E-state index in [1.807, 2.05) is 0 Å². The second kappa shape index (κ2) is 6.86. The molecular weight excluding hydrogens is 317 g/mol. The maximum absolute atomic E-state index is 13.2. The maximum Gasteiger partial charge on any atom is 0.340 e. The Hall–Kier alpha value is -3.29. The number of hydrogen-bond acceptors (Lipinski definition) is 7. The van der Waals surface area contributed by atoms with Crippen molar-refractivity contribution in [2.75, 3.05) is 7.11 Å². The minimum absolute atomic E-state index is 0.101. The molecule has 1 aromatic carbocycles. The number of methoxy groups -OCH3 is 1. The molecule has 0 amide bonds. The second-order valence-electron chi connectivity index (χ2n) is 4.69. The number of rotatable bonds is 5. The van der Waals surface area contributed by atoms with E-state index in [1.54, 1.807) is 12.1 Å². The molecular formula is C16H12FN3O4. The lowest BCUT2D eigenvalue weighted by Gasteiger charge is -2.02. The zero-order valence-electron chi connectivity index (χ0n) is 12.6. The number of carbonyl (C=O) groups excluding carboxylic acids is 1. The van der Waals surface area contributed by atoms with Crippen LogP contribution >= 0.6 is 0 Å². The van der Waals surface area contributed by atoms with Gasteiger partial charge in [-0.25, -0.2) is 14.2 Å². The summed E-state index contributed by atoms with van der Waals surface area (Å²) >= 11 is 0. The summed E-state index contributed by atoms with van der Waals surface area (Å²) in [6.07, 6.45) is 1.34. The lowest BCUT2D eigenvalue weighted by molar-refractivity contribution is 0.0429. The minimum Gasteiger partial charge on any atom is -0.481 e. The van der Waals surface area contributed by atoms with E-state index < -0.39 is 11.8 Å². The number of esters is 1. The Balaban J connectivity index is 1.63. The standard InChI is InChI=1S/C16H12FN3O4/c1-22-13-6-5-11(8-18-13)16(21)23-9-14-19-15(20-24-14)10-3-2-4-12(17)7-10/h2-8H,9H2,1H3. The Morgan fingerprint density at radius 2 is 2.17 bits per heavy atom. The number of carbonyl (C=O) groups is 1. The molecule has 0 aliphatic carbocycles. The molecule has 0 aliphatic rings. The van der Waals surface area contributed by atoms with Gasteiger partial charge in [-0.2, -0.15) is 4.98 Å². The van der Waals surface area contributed by atoms with Gasteiger partial charge in [0.15, 0.2) is 6.61 Å². The molecule has 0 N–H and O–H groups in total. The Morgan fingerprint density at radius 1 is 1.29 bits per heavy atom. The number of benzene rings is 1. The van der Waals surface area contributed by atoms with Gasteiger partial charge in [0, 0.05) is 17.8 Å². The summed E-state index contributed by atoms with van der Waals surface area (Å²) in [5, 5.41) is 3.73. The molecule has 0 spiro atoms. The van der Waals surface area contributed by atoms with Crippen LogP contribution in [0.1, 0.15) is 16.2 Å². The molecule has 3 rings (SSSR count). The van der Waals surface area contributed by atoms with Crippen LogP contribution in [0.2, 0.25) is 0 Å². The van der Waals surface area contributed by atoms with Crippen LogP contribution in [0.4, 0.5) is 4.39 Å². The molecule has 0 saturated heterocycles. The first-order chi connectivity index (χ1) is 11.7. The summed E-state index contributed by atoms with van der Waals surface area (Å²) in [7, 11) is 1.48. The average molecular weight is 329 g/mol. The summed E-state index contributed by atoms with van der Waals surface area (Å²) in [5.41, 5.74) is 0.733. The van der Waals surface area contributed by atoms with Crippen LogP contribution in [0, 0.1) is 5.82 Å². The van der Waals surface area contributed by atoms with E-state index in [-0.39, 0.29) is 23.9 Å². The SMILES string of the molecule is COc1ccc(C(=O)OCc2nc(-c3cccc(F)c3)no2)cn1. The molecule has 0 atom stereocenters.